The summed E-state index contributed by atoms with van der Waals surface area (Å²) in [7, 11) is 0. The maximum absolute atomic E-state index is 5.93. The van der Waals surface area contributed by atoms with Crippen LogP contribution in [-0.2, 0) is 13.1 Å². The van der Waals surface area contributed by atoms with E-state index in [0.717, 1.165) is 35.2 Å². The van der Waals surface area contributed by atoms with Crippen LogP contribution in [0.25, 0.3) is 11.0 Å². The zero-order valence-corrected chi connectivity index (χ0v) is 15.7. The molecule has 0 radical (unpaired) electrons. The van der Waals surface area contributed by atoms with Gasteiger partial charge in [0.1, 0.15) is 18.2 Å². The van der Waals surface area contributed by atoms with E-state index >= 15 is 0 Å². The summed E-state index contributed by atoms with van der Waals surface area (Å²) in [6, 6.07) is 15.9. The Morgan fingerprint density at radius 1 is 0.962 bits per heavy atom. The molecule has 0 amide bonds. The molecule has 26 heavy (non-hydrogen) atoms. The van der Waals surface area contributed by atoms with Crippen LogP contribution in [0.1, 0.15) is 25.1 Å². The van der Waals surface area contributed by atoms with Crippen LogP contribution in [0.15, 0.2) is 48.5 Å². The minimum absolute atomic E-state index is 0.606. The first kappa shape index (κ1) is 17.4. The summed E-state index contributed by atoms with van der Waals surface area (Å²) < 4.78 is 8.21. The fourth-order valence-electron chi connectivity index (χ4n) is 3.60. The quantitative estimate of drug-likeness (QED) is 0.627. The normalized spacial score (nSPS) is 15.4. The average molecular weight is 370 g/mol. The number of piperidine rings is 1. The molecular formula is C21H24ClN3O. The highest BCUT2D eigenvalue weighted by Gasteiger charge is 2.16. The lowest BCUT2D eigenvalue weighted by atomic mass is 10.1. The first-order valence-corrected chi connectivity index (χ1v) is 9.72. The lowest BCUT2D eigenvalue weighted by Crippen LogP contribution is -2.30. The minimum atomic E-state index is 0.606. The highest BCUT2D eigenvalue weighted by molar-refractivity contribution is 6.30. The number of halogens is 1. The third-order valence-electron chi connectivity index (χ3n) is 4.94. The molecule has 4 nitrogen and oxygen atoms in total. The molecule has 0 aliphatic carbocycles. The average Bonchev–Trinajstić information content (AvgIpc) is 3.01. The monoisotopic (exact) mass is 369 g/mol. The number of hydrogen-bond acceptors (Lipinski definition) is 3. The van der Waals surface area contributed by atoms with Gasteiger partial charge in [-0.1, -0.05) is 30.2 Å². The summed E-state index contributed by atoms with van der Waals surface area (Å²) in [6.07, 6.45) is 3.93. The molecule has 2 heterocycles. The van der Waals surface area contributed by atoms with Gasteiger partial charge in [0, 0.05) is 5.02 Å². The standard InChI is InChI=1S/C21H24ClN3O/c22-17-8-10-18(11-9-17)26-15-14-25-20-7-3-2-6-19(20)23-21(25)16-24-12-4-1-5-13-24/h2-3,6-11H,1,4-5,12-16H2. The van der Waals surface area contributed by atoms with Crippen LogP contribution in [-0.4, -0.2) is 34.1 Å². The summed E-state index contributed by atoms with van der Waals surface area (Å²) in [5, 5.41) is 0.724. The molecule has 1 aromatic heterocycles. The molecule has 4 rings (SSSR count). The number of nitrogens with zero attached hydrogens (tertiary/aromatic N) is 3. The number of hydrogen-bond donors (Lipinski definition) is 0. The maximum atomic E-state index is 5.93. The van der Waals surface area contributed by atoms with Crippen LogP contribution in [0.5, 0.6) is 5.75 Å². The molecule has 3 aromatic rings. The number of para-hydroxylation sites is 2. The summed E-state index contributed by atoms with van der Waals surface area (Å²) in [5.74, 6) is 1.98. The Morgan fingerprint density at radius 2 is 1.73 bits per heavy atom. The number of rotatable bonds is 6. The number of benzene rings is 2. The molecular weight excluding hydrogens is 346 g/mol. The fraction of sp³-hybridized carbons (Fsp3) is 0.381. The van der Waals surface area contributed by atoms with E-state index in [0.29, 0.717) is 6.61 Å². The topological polar surface area (TPSA) is 30.3 Å². The lowest BCUT2D eigenvalue weighted by Gasteiger charge is -2.26. The zero-order chi connectivity index (χ0) is 17.8. The smallest absolute Gasteiger partial charge is 0.124 e. The number of fused-ring (bicyclic) bond motifs is 1. The highest BCUT2D eigenvalue weighted by atomic mass is 35.5. The first-order chi connectivity index (χ1) is 12.8. The second kappa shape index (κ2) is 8.11. The van der Waals surface area contributed by atoms with Crippen LogP contribution in [0.3, 0.4) is 0 Å². The molecule has 0 atom stereocenters. The first-order valence-electron chi connectivity index (χ1n) is 9.34. The number of imidazole rings is 1. The van der Waals surface area contributed by atoms with Crippen molar-refractivity contribution < 1.29 is 4.74 Å². The van der Waals surface area contributed by atoms with Crippen molar-refractivity contribution in [3.8, 4) is 5.75 Å². The summed E-state index contributed by atoms with van der Waals surface area (Å²) in [5.41, 5.74) is 2.24. The number of aromatic nitrogens is 2. The molecule has 1 aliphatic rings. The fourth-order valence-corrected chi connectivity index (χ4v) is 3.72. The van der Waals surface area contributed by atoms with E-state index in [1.807, 2.05) is 24.3 Å². The van der Waals surface area contributed by atoms with Crippen molar-refractivity contribution in [1.29, 1.82) is 0 Å². The van der Waals surface area contributed by atoms with Gasteiger partial charge in [0.05, 0.1) is 24.1 Å². The van der Waals surface area contributed by atoms with Gasteiger partial charge in [0.2, 0.25) is 0 Å². The van der Waals surface area contributed by atoms with Gasteiger partial charge < -0.3 is 9.30 Å². The Labute approximate surface area is 159 Å². The Hall–Kier alpha value is -2.04. The summed E-state index contributed by atoms with van der Waals surface area (Å²) >= 11 is 5.93. The SMILES string of the molecule is Clc1ccc(OCCn2c(CN3CCCCC3)nc3ccccc32)cc1. The van der Waals surface area contributed by atoms with Gasteiger partial charge in [0.15, 0.2) is 0 Å². The molecule has 5 heteroatoms. The third-order valence-corrected chi connectivity index (χ3v) is 5.20. The summed E-state index contributed by atoms with van der Waals surface area (Å²) in [4.78, 5) is 7.41. The lowest BCUT2D eigenvalue weighted by molar-refractivity contribution is 0.211. The van der Waals surface area contributed by atoms with Gasteiger partial charge in [-0.3, -0.25) is 4.90 Å². The third kappa shape index (κ3) is 4.02. The molecule has 0 N–H and O–H groups in total. The molecule has 0 unspecified atom stereocenters. The molecule has 0 saturated carbocycles. The van der Waals surface area contributed by atoms with Crippen molar-refractivity contribution in [2.45, 2.75) is 32.4 Å². The van der Waals surface area contributed by atoms with Crippen molar-refractivity contribution in [2.75, 3.05) is 19.7 Å². The molecule has 1 saturated heterocycles. The predicted molar refractivity (Wildman–Crippen MR) is 106 cm³/mol. The van der Waals surface area contributed by atoms with Crippen molar-refractivity contribution >= 4 is 22.6 Å². The van der Waals surface area contributed by atoms with Crippen LogP contribution < -0.4 is 4.74 Å². The minimum Gasteiger partial charge on any atom is -0.492 e. The van der Waals surface area contributed by atoms with Crippen molar-refractivity contribution in [2.24, 2.45) is 0 Å². The van der Waals surface area contributed by atoms with E-state index in [9.17, 15) is 0 Å². The predicted octanol–water partition coefficient (Wildman–Crippen LogP) is 4.75. The largest absolute Gasteiger partial charge is 0.492 e. The van der Waals surface area contributed by atoms with Gasteiger partial charge in [0.25, 0.3) is 0 Å². The van der Waals surface area contributed by atoms with E-state index in [1.165, 1.54) is 37.9 Å². The van der Waals surface area contributed by atoms with Crippen LogP contribution in [0.2, 0.25) is 5.02 Å². The molecule has 0 spiro atoms. The van der Waals surface area contributed by atoms with E-state index in [1.54, 1.807) is 0 Å². The Kier molecular flexibility index (Phi) is 5.42. The van der Waals surface area contributed by atoms with Gasteiger partial charge in [-0.15, -0.1) is 0 Å². The van der Waals surface area contributed by atoms with Crippen LogP contribution in [0, 0.1) is 0 Å². The molecule has 1 aliphatic heterocycles. The van der Waals surface area contributed by atoms with Crippen LogP contribution in [0.4, 0.5) is 0 Å². The maximum Gasteiger partial charge on any atom is 0.124 e. The molecule has 0 bridgehead atoms. The second-order valence-corrected chi connectivity index (χ2v) is 7.24. The van der Waals surface area contributed by atoms with Crippen LogP contribution >= 0.6 is 11.6 Å². The highest BCUT2D eigenvalue weighted by Crippen LogP contribution is 2.20. The Balaban J connectivity index is 1.50. The van der Waals surface area contributed by atoms with Crippen molar-refractivity contribution in [1.82, 2.24) is 14.5 Å². The van der Waals surface area contributed by atoms with Gasteiger partial charge >= 0.3 is 0 Å². The van der Waals surface area contributed by atoms with E-state index in [-0.39, 0.29) is 0 Å². The number of ether oxygens (including phenoxy) is 1. The van der Waals surface area contributed by atoms with Crippen molar-refractivity contribution in [3.05, 3.63) is 59.4 Å². The van der Waals surface area contributed by atoms with E-state index < -0.39 is 0 Å². The van der Waals surface area contributed by atoms with Crippen molar-refractivity contribution in [3.63, 3.8) is 0 Å². The Morgan fingerprint density at radius 3 is 2.54 bits per heavy atom. The van der Waals surface area contributed by atoms with Gasteiger partial charge in [-0.05, 0) is 62.3 Å². The van der Waals surface area contributed by atoms with Gasteiger partial charge in [-0.2, -0.15) is 0 Å². The molecule has 2 aromatic carbocycles. The molecule has 1 fully saturated rings. The molecule has 136 valence electrons. The second-order valence-electron chi connectivity index (χ2n) is 6.81. The number of likely N-dealkylation sites (tertiary alicyclic amines) is 1. The zero-order valence-electron chi connectivity index (χ0n) is 14.9. The van der Waals surface area contributed by atoms with Gasteiger partial charge in [-0.25, -0.2) is 4.98 Å². The van der Waals surface area contributed by atoms with E-state index in [4.69, 9.17) is 21.3 Å². The Bertz CT molecular complexity index is 853. The van der Waals surface area contributed by atoms with E-state index in [2.05, 4.69) is 33.7 Å². The summed E-state index contributed by atoms with van der Waals surface area (Å²) in [6.45, 7) is 4.64.